The van der Waals surface area contributed by atoms with Gasteiger partial charge in [-0.2, -0.15) is 10.9 Å². The maximum atomic E-state index is 4.31. The zero-order valence-corrected chi connectivity index (χ0v) is 2.39. The Kier molecular flexibility index (Phi) is 2.90. The molecule has 0 heterocycles. The Morgan fingerprint density at radius 3 is 2.00 bits per heavy atom. The summed E-state index contributed by atoms with van der Waals surface area (Å²) < 4.78 is 0. The second kappa shape index (κ2) is 2.94. The maximum absolute atomic E-state index is 4.31. The number of hydrogen-bond acceptors (Lipinski definition) is 3. The Bertz CT molecular complexity index is 8.00. The Labute approximate surface area is 25.0 Å². The molecule has 4 heteroatoms. The van der Waals surface area contributed by atoms with E-state index in [4.69, 9.17) is 0 Å². The quantitative estimate of drug-likeness (QED) is 0.224. The molecule has 2 N–H and O–H groups in total. The Morgan fingerprint density at radius 2 is 2.00 bits per heavy atom. The minimum Gasteiger partial charge on any atom is -0.297 e. The van der Waals surface area contributed by atoms with E-state index >= 15 is 0 Å². The van der Waals surface area contributed by atoms with Crippen LogP contribution in [0.25, 0.3) is 0 Å². The van der Waals surface area contributed by atoms with Gasteiger partial charge in [0.1, 0.15) is 0 Å². The van der Waals surface area contributed by atoms with E-state index in [1.165, 1.54) is 8.05 Å². The van der Waals surface area contributed by atoms with Crippen LogP contribution >= 0.6 is 0 Å². The lowest BCUT2D eigenvalue weighted by Gasteiger charge is -1.78. The highest BCUT2D eigenvalue weighted by Gasteiger charge is 1.49. The van der Waals surface area contributed by atoms with Gasteiger partial charge in [0.15, 0.2) is 0 Å². The summed E-state index contributed by atoms with van der Waals surface area (Å²) in [5, 5.41) is 0. The summed E-state index contributed by atoms with van der Waals surface area (Å²) in [5.74, 6) is 4.31. The summed E-state index contributed by atoms with van der Waals surface area (Å²) in [6.45, 7) is 0. The van der Waals surface area contributed by atoms with Gasteiger partial charge in [0.05, 0.1) is 0 Å². The Morgan fingerprint density at radius 1 is 1.75 bits per heavy atom. The SMILES string of the molecule is BOON. The van der Waals surface area contributed by atoms with Crippen molar-refractivity contribution in [3.05, 3.63) is 0 Å². The first kappa shape index (κ1) is 3.94. The van der Waals surface area contributed by atoms with Crippen molar-refractivity contribution in [3.63, 3.8) is 0 Å². The van der Waals surface area contributed by atoms with Crippen molar-refractivity contribution in [1.29, 1.82) is 0 Å². The number of nitrogens with two attached hydrogens (primary N) is 1. The lowest BCUT2D eigenvalue weighted by molar-refractivity contribution is -0.208. The molecule has 0 saturated carbocycles. The zero-order valence-electron chi connectivity index (χ0n) is 2.39. The van der Waals surface area contributed by atoms with E-state index < -0.39 is 0 Å². The number of hydrogen-bond donors (Lipinski definition) is 1. The average Bonchev–Trinajstić information content (AvgIpc) is 1.37. The van der Waals surface area contributed by atoms with Crippen molar-refractivity contribution in [2.24, 2.45) is 5.90 Å². The molecule has 0 aliphatic carbocycles. The van der Waals surface area contributed by atoms with Gasteiger partial charge in [-0.1, -0.05) is 0 Å². The van der Waals surface area contributed by atoms with E-state index in [0.29, 0.717) is 0 Å². The van der Waals surface area contributed by atoms with E-state index in [2.05, 4.69) is 15.7 Å². The van der Waals surface area contributed by atoms with Crippen molar-refractivity contribution in [3.8, 4) is 0 Å². The fourth-order valence-corrected chi connectivity index (χ4v) is 0. The molecule has 0 amide bonds. The van der Waals surface area contributed by atoms with Gasteiger partial charge in [-0.05, 0) is 0 Å². The first-order valence-corrected chi connectivity index (χ1v) is 0.811. The van der Waals surface area contributed by atoms with Crippen LogP contribution in [0.15, 0.2) is 0 Å². The molecule has 0 rings (SSSR count). The fraction of sp³-hybridized carbons (Fsp3) is 0. The Hall–Kier alpha value is -0.0551. The summed E-state index contributed by atoms with van der Waals surface area (Å²) in [6.07, 6.45) is 0. The standard InChI is InChI=1S/BH4NO2/c1-3-4-2/h1-2H2. The summed E-state index contributed by atoms with van der Waals surface area (Å²) in [5.41, 5.74) is 0. The third-order valence-corrected chi connectivity index (χ3v) is 0.0962. The predicted molar refractivity (Wildman–Crippen MR) is 14.9 cm³/mol. The van der Waals surface area contributed by atoms with Crippen molar-refractivity contribution in [2.45, 2.75) is 0 Å². The smallest absolute Gasteiger partial charge is 0.297 e. The molecule has 0 fully saturated rings. The summed E-state index contributed by atoms with van der Waals surface area (Å²) in [6, 6.07) is 0. The molecule has 0 aromatic rings. The van der Waals surface area contributed by atoms with Gasteiger partial charge >= 0.3 is 8.05 Å². The van der Waals surface area contributed by atoms with E-state index in [1.54, 1.807) is 0 Å². The minimum absolute atomic E-state index is 1.33. The summed E-state index contributed by atoms with van der Waals surface area (Å²) in [4.78, 5) is 7.36. The number of rotatable bonds is 1. The molecule has 0 atom stereocenters. The van der Waals surface area contributed by atoms with E-state index in [0.717, 1.165) is 0 Å². The van der Waals surface area contributed by atoms with E-state index in [-0.39, 0.29) is 0 Å². The molecular formula is H4BNO2. The van der Waals surface area contributed by atoms with Crippen LogP contribution in [0.5, 0.6) is 0 Å². The molecule has 0 aliphatic heterocycles. The van der Waals surface area contributed by atoms with Gasteiger partial charge in [-0.3, -0.25) is 4.81 Å². The first-order chi connectivity index (χ1) is 1.91. The summed E-state index contributed by atoms with van der Waals surface area (Å²) in [7, 11) is 1.33. The van der Waals surface area contributed by atoms with Crippen LogP contribution in [0.3, 0.4) is 0 Å². The molecule has 0 radical (unpaired) electrons. The topological polar surface area (TPSA) is 44.5 Å². The molecule has 0 aromatic heterocycles. The summed E-state index contributed by atoms with van der Waals surface area (Å²) >= 11 is 0. The normalized spacial score (nSPS) is 7.25. The third kappa shape index (κ3) is 1.94. The van der Waals surface area contributed by atoms with Crippen LogP contribution in [0.4, 0.5) is 0 Å². The molecule has 24 valence electrons. The first-order valence-electron chi connectivity index (χ1n) is 0.811. The minimum atomic E-state index is 1.33. The monoisotopic (exact) mass is 61.0 g/mol. The van der Waals surface area contributed by atoms with Gasteiger partial charge in [0.25, 0.3) is 0 Å². The fourth-order valence-electron chi connectivity index (χ4n) is 0. The molecule has 3 nitrogen and oxygen atoms in total. The maximum Gasteiger partial charge on any atom is 0.308 e. The van der Waals surface area contributed by atoms with E-state index in [9.17, 15) is 0 Å². The van der Waals surface area contributed by atoms with Crippen LogP contribution in [0.1, 0.15) is 0 Å². The molecule has 0 unspecified atom stereocenters. The van der Waals surface area contributed by atoms with Gasteiger partial charge < -0.3 is 0 Å². The van der Waals surface area contributed by atoms with Crippen LogP contribution in [0.2, 0.25) is 0 Å². The van der Waals surface area contributed by atoms with Gasteiger partial charge in [-0.15, -0.1) is 0 Å². The molecule has 0 aliphatic rings. The highest BCUT2D eigenvalue weighted by atomic mass is 17.2. The lowest BCUT2D eigenvalue weighted by atomic mass is 10.6. The largest absolute Gasteiger partial charge is 0.308 e. The molecule has 4 heavy (non-hydrogen) atoms. The second-order valence-electron chi connectivity index (χ2n) is 0.263. The highest BCUT2D eigenvalue weighted by molar-refractivity contribution is 5.97. The molecule has 0 saturated heterocycles. The zero-order chi connectivity index (χ0) is 3.41. The van der Waals surface area contributed by atoms with Crippen molar-refractivity contribution in [1.82, 2.24) is 0 Å². The molecule has 0 aromatic carbocycles. The van der Waals surface area contributed by atoms with Gasteiger partial charge in [-0.25, -0.2) is 0 Å². The third-order valence-electron chi connectivity index (χ3n) is 0.0962. The lowest BCUT2D eigenvalue weighted by Crippen LogP contribution is -1.95. The van der Waals surface area contributed by atoms with Gasteiger partial charge in [0.2, 0.25) is 0 Å². The molecule has 0 spiro atoms. The second-order valence-corrected chi connectivity index (χ2v) is 0.263. The van der Waals surface area contributed by atoms with Crippen LogP contribution in [-0.4, -0.2) is 8.05 Å². The van der Waals surface area contributed by atoms with Crippen molar-refractivity contribution < 1.29 is 9.79 Å². The average molecular weight is 60.8 g/mol. The highest BCUT2D eigenvalue weighted by Crippen LogP contribution is 1.42. The predicted octanol–water partition coefficient (Wildman–Crippen LogP) is -1.64. The Balaban J connectivity index is 1.97. The van der Waals surface area contributed by atoms with Crippen LogP contribution < -0.4 is 5.90 Å². The van der Waals surface area contributed by atoms with Crippen LogP contribution in [-0.2, 0) is 9.79 Å². The molecule has 0 bridgehead atoms. The van der Waals surface area contributed by atoms with E-state index in [1.807, 2.05) is 0 Å². The van der Waals surface area contributed by atoms with Crippen molar-refractivity contribution >= 4 is 8.05 Å². The molecular weight excluding hydrogens is 56.8 g/mol. The van der Waals surface area contributed by atoms with Gasteiger partial charge in [0, 0.05) is 0 Å². The van der Waals surface area contributed by atoms with Crippen LogP contribution in [0, 0.1) is 0 Å². The van der Waals surface area contributed by atoms with Crippen molar-refractivity contribution in [2.75, 3.05) is 0 Å².